The van der Waals surface area contributed by atoms with E-state index >= 15 is 0 Å². The Hall–Kier alpha value is -0.120. The minimum Gasteiger partial charge on any atom is -0.388 e. The molecular weight excluding hydrogens is 214 g/mol. The van der Waals surface area contributed by atoms with E-state index in [9.17, 15) is 5.11 Å². The van der Waals surface area contributed by atoms with Crippen molar-refractivity contribution in [3.63, 3.8) is 0 Å². The average molecular weight is 243 g/mol. The van der Waals surface area contributed by atoms with Crippen molar-refractivity contribution >= 4 is 0 Å². The third-order valence-electron chi connectivity index (χ3n) is 4.24. The van der Waals surface area contributed by atoms with Gasteiger partial charge >= 0.3 is 0 Å². The van der Waals surface area contributed by atoms with E-state index in [2.05, 4.69) is 0 Å². The van der Waals surface area contributed by atoms with Gasteiger partial charge in [-0.1, -0.05) is 33.1 Å². The van der Waals surface area contributed by atoms with E-state index < -0.39 is 5.60 Å². The van der Waals surface area contributed by atoms with Gasteiger partial charge in [-0.15, -0.1) is 0 Å². The normalized spacial score (nSPS) is 21.7. The van der Waals surface area contributed by atoms with Crippen molar-refractivity contribution in [2.45, 2.75) is 58.0 Å². The molecular formula is C14H29NO2. The van der Waals surface area contributed by atoms with E-state index in [-0.39, 0.29) is 5.92 Å². The highest BCUT2D eigenvalue weighted by molar-refractivity contribution is 4.82. The van der Waals surface area contributed by atoms with Gasteiger partial charge in [0.1, 0.15) is 0 Å². The van der Waals surface area contributed by atoms with Gasteiger partial charge in [-0.25, -0.2) is 0 Å². The highest BCUT2D eigenvalue weighted by Crippen LogP contribution is 2.25. The molecule has 3 nitrogen and oxygen atoms in total. The zero-order chi connectivity index (χ0) is 12.7. The van der Waals surface area contributed by atoms with Gasteiger partial charge in [-0.2, -0.15) is 0 Å². The van der Waals surface area contributed by atoms with Crippen molar-refractivity contribution in [2.75, 3.05) is 19.8 Å². The quantitative estimate of drug-likeness (QED) is 0.675. The average Bonchev–Trinajstić information content (AvgIpc) is 2.35. The molecule has 0 aliphatic carbocycles. The van der Waals surface area contributed by atoms with Crippen LogP contribution in [-0.4, -0.2) is 30.5 Å². The van der Waals surface area contributed by atoms with Crippen molar-refractivity contribution < 1.29 is 9.84 Å². The molecule has 1 rings (SSSR count). The maximum absolute atomic E-state index is 10.3. The molecule has 17 heavy (non-hydrogen) atoms. The fourth-order valence-corrected chi connectivity index (χ4v) is 2.53. The lowest BCUT2D eigenvalue weighted by Gasteiger charge is -2.31. The lowest BCUT2D eigenvalue weighted by atomic mass is 9.84. The molecule has 0 aromatic carbocycles. The number of unbranched alkanes of at least 4 members (excludes halogenated alkanes) is 1. The second-order valence-corrected chi connectivity index (χ2v) is 5.76. The summed E-state index contributed by atoms with van der Waals surface area (Å²) in [4.78, 5) is 0. The molecule has 1 aliphatic rings. The molecule has 102 valence electrons. The molecule has 1 saturated heterocycles. The Morgan fingerprint density at radius 3 is 2.47 bits per heavy atom. The topological polar surface area (TPSA) is 55.5 Å². The highest BCUT2D eigenvalue weighted by Gasteiger charge is 2.28. The second-order valence-electron chi connectivity index (χ2n) is 5.76. The van der Waals surface area contributed by atoms with Crippen LogP contribution in [0.3, 0.4) is 0 Å². The molecule has 0 bridgehead atoms. The van der Waals surface area contributed by atoms with Gasteiger partial charge < -0.3 is 15.6 Å². The predicted molar refractivity (Wildman–Crippen MR) is 70.9 cm³/mol. The van der Waals surface area contributed by atoms with E-state index in [1.54, 1.807) is 0 Å². The molecule has 1 heterocycles. The largest absolute Gasteiger partial charge is 0.388 e. The van der Waals surface area contributed by atoms with Gasteiger partial charge in [-0.05, 0) is 31.1 Å². The summed E-state index contributed by atoms with van der Waals surface area (Å²) in [5.74, 6) is 1.09. The first-order valence-electron chi connectivity index (χ1n) is 7.08. The Bertz CT molecular complexity index is 202. The molecule has 0 saturated carbocycles. The van der Waals surface area contributed by atoms with Gasteiger partial charge in [0.05, 0.1) is 5.60 Å². The number of nitrogens with two attached hydrogens (primary N) is 1. The van der Waals surface area contributed by atoms with Crippen LogP contribution in [0, 0.1) is 11.8 Å². The Kier molecular flexibility index (Phi) is 6.45. The van der Waals surface area contributed by atoms with Crippen LogP contribution in [0.15, 0.2) is 0 Å². The van der Waals surface area contributed by atoms with Gasteiger partial charge in [0.2, 0.25) is 0 Å². The summed E-state index contributed by atoms with van der Waals surface area (Å²) in [5, 5.41) is 10.3. The third kappa shape index (κ3) is 4.94. The van der Waals surface area contributed by atoms with E-state index in [0.29, 0.717) is 6.54 Å². The van der Waals surface area contributed by atoms with E-state index in [1.807, 2.05) is 13.8 Å². The first-order chi connectivity index (χ1) is 8.08. The molecule has 1 unspecified atom stereocenters. The van der Waals surface area contributed by atoms with Crippen LogP contribution in [-0.2, 0) is 4.74 Å². The van der Waals surface area contributed by atoms with Crippen LogP contribution in [0.5, 0.6) is 0 Å². The van der Waals surface area contributed by atoms with Crippen molar-refractivity contribution in [3.05, 3.63) is 0 Å². The van der Waals surface area contributed by atoms with E-state index in [4.69, 9.17) is 10.5 Å². The Morgan fingerprint density at radius 1 is 1.29 bits per heavy atom. The summed E-state index contributed by atoms with van der Waals surface area (Å²) in [5.41, 5.74) is 5.01. The summed E-state index contributed by atoms with van der Waals surface area (Å²) in [6.07, 6.45) is 6.84. The number of ether oxygens (including phenoxy) is 1. The second kappa shape index (κ2) is 7.34. The van der Waals surface area contributed by atoms with Crippen molar-refractivity contribution in [3.8, 4) is 0 Å². The Balaban J connectivity index is 2.13. The maximum atomic E-state index is 10.3. The number of hydrogen-bond acceptors (Lipinski definition) is 3. The highest BCUT2D eigenvalue weighted by atomic mass is 16.5. The first-order valence-corrected chi connectivity index (χ1v) is 7.08. The minimum atomic E-state index is -0.657. The first kappa shape index (κ1) is 14.9. The molecule has 1 fully saturated rings. The van der Waals surface area contributed by atoms with Crippen LogP contribution in [0.1, 0.15) is 52.4 Å². The molecule has 3 N–H and O–H groups in total. The van der Waals surface area contributed by atoms with Crippen LogP contribution >= 0.6 is 0 Å². The summed E-state index contributed by atoms with van der Waals surface area (Å²) in [6, 6.07) is 0. The zero-order valence-electron chi connectivity index (χ0n) is 11.5. The number of hydrogen-bond donors (Lipinski definition) is 2. The fourth-order valence-electron chi connectivity index (χ4n) is 2.53. The van der Waals surface area contributed by atoms with Gasteiger partial charge in [0, 0.05) is 19.8 Å². The maximum Gasteiger partial charge on any atom is 0.0792 e. The molecule has 0 spiro atoms. The molecule has 0 radical (unpaired) electrons. The molecule has 1 aliphatic heterocycles. The molecule has 3 heteroatoms. The summed E-state index contributed by atoms with van der Waals surface area (Å²) in [6.45, 7) is 6.34. The molecule has 0 amide bonds. The fraction of sp³-hybridized carbons (Fsp3) is 1.00. The van der Waals surface area contributed by atoms with Crippen LogP contribution in [0.25, 0.3) is 0 Å². The van der Waals surface area contributed by atoms with Gasteiger partial charge in [0.15, 0.2) is 0 Å². The molecule has 0 aromatic rings. The number of aliphatic hydroxyl groups is 1. The number of rotatable bonds is 7. The lowest BCUT2D eigenvalue weighted by molar-refractivity contribution is -0.00720. The molecule has 0 aromatic heterocycles. The zero-order valence-corrected chi connectivity index (χ0v) is 11.5. The monoisotopic (exact) mass is 243 g/mol. The van der Waals surface area contributed by atoms with Crippen molar-refractivity contribution in [2.24, 2.45) is 17.6 Å². The van der Waals surface area contributed by atoms with E-state index in [0.717, 1.165) is 32.0 Å². The van der Waals surface area contributed by atoms with Crippen molar-refractivity contribution in [1.82, 2.24) is 0 Å². The standard InChI is InChI=1S/C14H29NO2/c1-12(2)14(16,11-15)8-4-3-5-13-6-9-17-10-7-13/h12-13,16H,3-11,15H2,1-2H3. The SMILES string of the molecule is CC(C)C(O)(CN)CCCCC1CCOCC1. The van der Waals surface area contributed by atoms with E-state index in [1.165, 1.54) is 25.7 Å². The van der Waals surface area contributed by atoms with Crippen LogP contribution < -0.4 is 5.73 Å². The summed E-state index contributed by atoms with van der Waals surface area (Å²) in [7, 11) is 0. The van der Waals surface area contributed by atoms with Crippen LogP contribution in [0.2, 0.25) is 0 Å². The van der Waals surface area contributed by atoms with Crippen molar-refractivity contribution in [1.29, 1.82) is 0 Å². The molecule has 1 atom stereocenters. The lowest BCUT2D eigenvalue weighted by Crippen LogP contribution is -2.42. The Morgan fingerprint density at radius 2 is 1.94 bits per heavy atom. The third-order valence-corrected chi connectivity index (χ3v) is 4.24. The minimum absolute atomic E-state index is 0.246. The van der Waals surface area contributed by atoms with Gasteiger partial charge in [-0.3, -0.25) is 0 Å². The summed E-state index contributed by atoms with van der Waals surface area (Å²) < 4.78 is 5.35. The smallest absolute Gasteiger partial charge is 0.0792 e. The summed E-state index contributed by atoms with van der Waals surface area (Å²) >= 11 is 0. The Labute approximate surface area is 106 Å². The predicted octanol–water partition coefficient (Wildman–Crippen LogP) is 2.32. The van der Waals surface area contributed by atoms with Crippen LogP contribution in [0.4, 0.5) is 0 Å². The van der Waals surface area contributed by atoms with Gasteiger partial charge in [0.25, 0.3) is 0 Å².